The number of hydrogen-bond donors (Lipinski definition) is 0. The topological polar surface area (TPSA) is 16.1 Å². The molecule has 2 atom stereocenters. The van der Waals surface area contributed by atoms with E-state index in [1.54, 1.807) is 6.07 Å². The molecular formula is C25H29FN2. The van der Waals surface area contributed by atoms with Crippen molar-refractivity contribution >= 4 is 11.3 Å². The van der Waals surface area contributed by atoms with Crippen LogP contribution in [0, 0.1) is 17.7 Å². The van der Waals surface area contributed by atoms with Crippen molar-refractivity contribution in [3.05, 3.63) is 65.2 Å². The summed E-state index contributed by atoms with van der Waals surface area (Å²) in [6.07, 6.45) is 11.1. The van der Waals surface area contributed by atoms with Crippen LogP contribution in [0.5, 0.6) is 0 Å². The van der Waals surface area contributed by atoms with Crippen LogP contribution in [-0.2, 0) is 6.42 Å². The maximum absolute atomic E-state index is 14.8. The third kappa shape index (κ3) is 3.36. The van der Waals surface area contributed by atoms with E-state index < -0.39 is 0 Å². The standard InChI is InChI=1S/C25H29FN2/c1-17-12-15-28(24-11-9-20(16-23(24)26)18-6-7-18)14-3-5-21(17)22-10-8-19-4-2-13-27-25(19)22/h2,4,9-11,13,16-18,21H,3,5-8,12,14-15H2,1H3. The second kappa shape index (κ2) is 7.35. The lowest BCUT2D eigenvalue weighted by Crippen LogP contribution is -2.32. The SMILES string of the molecule is CC1CCN(c2ccc(C3CC3)cc2F)CCCC1C1=CCc2cccnc21. The first-order chi connectivity index (χ1) is 13.7. The minimum absolute atomic E-state index is 0.0363. The molecule has 2 heterocycles. The van der Waals surface area contributed by atoms with Crippen LogP contribution in [0.3, 0.4) is 0 Å². The van der Waals surface area contributed by atoms with Gasteiger partial charge in [-0.15, -0.1) is 0 Å². The Labute approximate surface area is 167 Å². The highest BCUT2D eigenvalue weighted by atomic mass is 19.1. The molecule has 1 saturated heterocycles. The molecule has 1 saturated carbocycles. The summed E-state index contributed by atoms with van der Waals surface area (Å²) >= 11 is 0. The average molecular weight is 377 g/mol. The second-order valence-electron chi connectivity index (χ2n) is 8.86. The van der Waals surface area contributed by atoms with Gasteiger partial charge in [0.15, 0.2) is 0 Å². The Morgan fingerprint density at radius 1 is 1.07 bits per heavy atom. The maximum atomic E-state index is 14.8. The smallest absolute Gasteiger partial charge is 0.146 e. The van der Waals surface area contributed by atoms with E-state index in [9.17, 15) is 4.39 Å². The molecule has 1 aromatic heterocycles. The molecule has 0 spiro atoms. The molecule has 2 fully saturated rings. The summed E-state index contributed by atoms with van der Waals surface area (Å²) < 4.78 is 14.8. The number of anilines is 1. The van der Waals surface area contributed by atoms with Gasteiger partial charge in [0.05, 0.1) is 11.4 Å². The lowest BCUT2D eigenvalue weighted by Gasteiger charge is -2.34. The Morgan fingerprint density at radius 2 is 1.96 bits per heavy atom. The summed E-state index contributed by atoms with van der Waals surface area (Å²) in [4.78, 5) is 6.95. The number of pyridine rings is 1. The normalized spacial score (nSPS) is 25.1. The van der Waals surface area contributed by atoms with Crippen LogP contribution in [0.15, 0.2) is 42.6 Å². The van der Waals surface area contributed by atoms with Crippen LogP contribution < -0.4 is 4.90 Å². The molecule has 3 aliphatic rings. The van der Waals surface area contributed by atoms with Crippen molar-refractivity contribution in [3.8, 4) is 0 Å². The van der Waals surface area contributed by atoms with Crippen LogP contribution in [0.4, 0.5) is 10.1 Å². The zero-order valence-corrected chi connectivity index (χ0v) is 16.7. The van der Waals surface area contributed by atoms with Crippen LogP contribution in [0.1, 0.15) is 61.8 Å². The first-order valence-corrected chi connectivity index (χ1v) is 10.9. The van der Waals surface area contributed by atoms with E-state index >= 15 is 0 Å². The van der Waals surface area contributed by atoms with Crippen molar-refractivity contribution in [2.45, 2.75) is 51.4 Å². The van der Waals surface area contributed by atoms with Gasteiger partial charge in [-0.2, -0.15) is 0 Å². The summed E-state index contributed by atoms with van der Waals surface area (Å²) in [7, 11) is 0. The first-order valence-electron chi connectivity index (χ1n) is 10.9. The van der Waals surface area contributed by atoms with E-state index in [2.05, 4.69) is 35.0 Å². The Bertz CT molecular complexity index is 899. The van der Waals surface area contributed by atoms with Crippen LogP contribution in [0.2, 0.25) is 0 Å². The summed E-state index contributed by atoms with van der Waals surface area (Å²) in [6.45, 7) is 4.23. The van der Waals surface area contributed by atoms with E-state index in [0.717, 1.165) is 44.5 Å². The van der Waals surface area contributed by atoms with E-state index in [0.29, 0.717) is 17.8 Å². The Morgan fingerprint density at radius 3 is 2.79 bits per heavy atom. The lowest BCUT2D eigenvalue weighted by atomic mass is 9.80. The van der Waals surface area contributed by atoms with Gasteiger partial charge in [-0.25, -0.2) is 4.39 Å². The van der Waals surface area contributed by atoms with Gasteiger partial charge in [-0.3, -0.25) is 4.98 Å². The van der Waals surface area contributed by atoms with Gasteiger partial charge in [-0.05, 0) is 91.2 Å². The monoisotopic (exact) mass is 376 g/mol. The molecule has 28 heavy (non-hydrogen) atoms. The van der Waals surface area contributed by atoms with Crippen molar-refractivity contribution < 1.29 is 4.39 Å². The highest BCUT2D eigenvalue weighted by Crippen LogP contribution is 2.42. The second-order valence-corrected chi connectivity index (χ2v) is 8.86. The van der Waals surface area contributed by atoms with Gasteiger partial charge in [0.1, 0.15) is 5.82 Å². The molecule has 2 unspecified atom stereocenters. The molecule has 2 aliphatic carbocycles. The first kappa shape index (κ1) is 17.9. The molecule has 2 aromatic rings. The number of halogens is 1. The molecule has 5 rings (SSSR count). The predicted molar refractivity (Wildman–Crippen MR) is 113 cm³/mol. The van der Waals surface area contributed by atoms with Crippen molar-refractivity contribution in [1.29, 1.82) is 0 Å². The number of fused-ring (bicyclic) bond motifs is 1. The molecule has 0 radical (unpaired) electrons. The molecule has 3 heteroatoms. The molecule has 0 bridgehead atoms. The Balaban J connectivity index is 1.30. The number of allylic oxidation sites excluding steroid dienone is 2. The number of aromatic nitrogens is 1. The van der Waals surface area contributed by atoms with Gasteiger partial charge in [0.2, 0.25) is 0 Å². The molecule has 1 aromatic carbocycles. The Hall–Kier alpha value is -2.16. The zero-order valence-electron chi connectivity index (χ0n) is 16.7. The highest BCUT2D eigenvalue weighted by molar-refractivity contribution is 5.72. The predicted octanol–water partition coefficient (Wildman–Crippen LogP) is 5.98. The summed E-state index contributed by atoms with van der Waals surface area (Å²) in [5.74, 6) is 1.72. The van der Waals surface area contributed by atoms with Crippen LogP contribution in [0.25, 0.3) is 5.57 Å². The van der Waals surface area contributed by atoms with Gasteiger partial charge in [0, 0.05) is 19.3 Å². The lowest BCUT2D eigenvalue weighted by molar-refractivity contribution is 0.363. The molecule has 0 N–H and O–H groups in total. The van der Waals surface area contributed by atoms with Gasteiger partial charge < -0.3 is 4.90 Å². The quantitative estimate of drug-likeness (QED) is 0.655. The minimum Gasteiger partial charge on any atom is -0.369 e. The minimum atomic E-state index is -0.0363. The van der Waals surface area contributed by atoms with E-state index in [-0.39, 0.29) is 5.82 Å². The largest absolute Gasteiger partial charge is 0.369 e. The van der Waals surface area contributed by atoms with E-state index in [1.807, 2.05) is 18.3 Å². The number of rotatable bonds is 3. The fraction of sp³-hybridized carbons (Fsp3) is 0.480. The number of nitrogens with zero attached hydrogens (tertiary/aromatic N) is 2. The summed E-state index contributed by atoms with van der Waals surface area (Å²) in [5, 5.41) is 0. The molecule has 1 aliphatic heterocycles. The highest BCUT2D eigenvalue weighted by Gasteiger charge is 2.30. The molecule has 0 amide bonds. The van der Waals surface area contributed by atoms with Crippen molar-refractivity contribution in [2.75, 3.05) is 18.0 Å². The Kier molecular flexibility index (Phi) is 4.70. The van der Waals surface area contributed by atoms with E-state index in [4.69, 9.17) is 0 Å². The average Bonchev–Trinajstić information content (AvgIpc) is 3.46. The zero-order chi connectivity index (χ0) is 19.1. The molecular weight excluding hydrogens is 347 g/mol. The van der Waals surface area contributed by atoms with Crippen LogP contribution in [-0.4, -0.2) is 18.1 Å². The van der Waals surface area contributed by atoms with Crippen molar-refractivity contribution in [1.82, 2.24) is 4.98 Å². The third-order valence-corrected chi connectivity index (χ3v) is 6.95. The van der Waals surface area contributed by atoms with Gasteiger partial charge >= 0.3 is 0 Å². The van der Waals surface area contributed by atoms with Gasteiger partial charge in [-0.1, -0.05) is 25.1 Å². The fourth-order valence-electron chi connectivity index (χ4n) is 5.12. The summed E-state index contributed by atoms with van der Waals surface area (Å²) in [6, 6.07) is 10.2. The number of benzene rings is 1. The molecule has 2 nitrogen and oxygen atoms in total. The van der Waals surface area contributed by atoms with Crippen molar-refractivity contribution in [2.24, 2.45) is 11.8 Å². The summed E-state index contributed by atoms with van der Waals surface area (Å²) in [5.41, 5.74) is 6.02. The third-order valence-electron chi connectivity index (χ3n) is 6.95. The maximum Gasteiger partial charge on any atom is 0.146 e. The van der Waals surface area contributed by atoms with E-state index in [1.165, 1.54) is 35.2 Å². The van der Waals surface area contributed by atoms with Crippen molar-refractivity contribution in [3.63, 3.8) is 0 Å². The number of hydrogen-bond acceptors (Lipinski definition) is 2. The fourth-order valence-corrected chi connectivity index (χ4v) is 5.12. The van der Waals surface area contributed by atoms with Gasteiger partial charge in [0.25, 0.3) is 0 Å². The van der Waals surface area contributed by atoms with Crippen LogP contribution >= 0.6 is 0 Å². The molecule has 146 valence electrons.